The fourth-order valence-electron chi connectivity index (χ4n) is 3.41. The largest absolute Gasteiger partial charge is 0.318 e. The molecule has 0 N–H and O–H groups in total. The molecule has 0 atom stereocenters. The molecule has 28 heavy (non-hydrogen) atoms. The van der Waals surface area contributed by atoms with Crippen molar-refractivity contribution in [2.45, 2.75) is 40.0 Å². The number of nitriles is 1. The van der Waals surface area contributed by atoms with Gasteiger partial charge in [-0.15, -0.1) is 0 Å². The maximum absolute atomic E-state index is 9.66. The lowest BCUT2D eigenvalue weighted by Crippen LogP contribution is -2.11. The standard InChI is InChI=1S/C25H25BrN2/c1-17-14-20(15-21(16-27)19-6-10-23(26)11-7-19)18(2)28(17)24-12-8-22(9-13-24)25(3,4)5/h6-15H,1-5H3/b21-15-. The molecule has 0 aliphatic rings. The lowest BCUT2D eigenvalue weighted by atomic mass is 9.87. The van der Waals surface area contributed by atoms with Crippen LogP contribution in [0.15, 0.2) is 59.1 Å². The monoisotopic (exact) mass is 432 g/mol. The molecular weight excluding hydrogens is 408 g/mol. The molecule has 3 rings (SSSR count). The highest BCUT2D eigenvalue weighted by Crippen LogP contribution is 2.28. The number of aromatic nitrogens is 1. The Labute approximate surface area is 176 Å². The molecule has 2 nitrogen and oxygen atoms in total. The Morgan fingerprint density at radius 1 is 1.00 bits per heavy atom. The first-order valence-electron chi connectivity index (χ1n) is 9.38. The molecule has 0 aliphatic carbocycles. The Hall–Kier alpha value is -2.57. The summed E-state index contributed by atoms with van der Waals surface area (Å²) < 4.78 is 3.25. The van der Waals surface area contributed by atoms with Crippen molar-refractivity contribution >= 4 is 27.6 Å². The van der Waals surface area contributed by atoms with Crippen LogP contribution in [0.2, 0.25) is 0 Å². The summed E-state index contributed by atoms with van der Waals surface area (Å²) in [5, 5.41) is 9.66. The SMILES string of the molecule is Cc1cc(/C=C(/C#N)c2ccc(Br)cc2)c(C)n1-c1ccc(C(C)(C)C)cc1. The Balaban J connectivity index is 2.02. The van der Waals surface area contributed by atoms with Gasteiger partial charge in [-0.25, -0.2) is 0 Å². The highest BCUT2D eigenvalue weighted by molar-refractivity contribution is 9.10. The summed E-state index contributed by atoms with van der Waals surface area (Å²) in [6, 6.07) is 21.1. The van der Waals surface area contributed by atoms with E-state index in [0.29, 0.717) is 5.57 Å². The van der Waals surface area contributed by atoms with E-state index >= 15 is 0 Å². The first kappa shape index (κ1) is 20.2. The van der Waals surface area contributed by atoms with E-state index in [1.165, 1.54) is 5.56 Å². The number of allylic oxidation sites excluding steroid dienone is 1. The molecule has 0 aliphatic heterocycles. The van der Waals surface area contributed by atoms with Crippen molar-refractivity contribution in [2.75, 3.05) is 0 Å². The lowest BCUT2D eigenvalue weighted by molar-refractivity contribution is 0.590. The number of hydrogen-bond acceptors (Lipinski definition) is 1. The van der Waals surface area contributed by atoms with E-state index in [1.54, 1.807) is 0 Å². The smallest absolute Gasteiger partial charge is 0.0998 e. The zero-order chi connectivity index (χ0) is 20.5. The van der Waals surface area contributed by atoms with E-state index in [-0.39, 0.29) is 5.41 Å². The number of aryl methyl sites for hydroxylation is 1. The molecule has 0 radical (unpaired) electrons. The van der Waals surface area contributed by atoms with Gasteiger partial charge in [0.2, 0.25) is 0 Å². The summed E-state index contributed by atoms with van der Waals surface area (Å²) in [4.78, 5) is 0. The summed E-state index contributed by atoms with van der Waals surface area (Å²) in [7, 11) is 0. The van der Waals surface area contributed by atoms with Crippen LogP contribution >= 0.6 is 15.9 Å². The van der Waals surface area contributed by atoms with Crippen molar-refractivity contribution in [3.8, 4) is 11.8 Å². The molecule has 0 fully saturated rings. The quantitative estimate of drug-likeness (QED) is 0.401. The Kier molecular flexibility index (Phi) is 5.63. The van der Waals surface area contributed by atoms with Crippen molar-refractivity contribution in [1.29, 1.82) is 5.26 Å². The van der Waals surface area contributed by atoms with Gasteiger partial charge < -0.3 is 4.57 Å². The van der Waals surface area contributed by atoms with Gasteiger partial charge in [0.25, 0.3) is 0 Å². The van der Waals surface area contributed by atoms with E-state index in [0.717, 1.165) is 32.7 Å². The Bertz CT molecular complexity index is 1050. The van der Waals surface area contributed by atoms with Crippen molar-refractivity contribution in [3.63, 3.8) is 0 Å². The van der Waals surface area contributed by atoms with Gasteiger partial charge in [0.1, 0.15) is 0 Å². The van der Waals surface area contributed by atoms with Crippen LogP contribution in [0, 0.1) is 25.2 Å². The van der Waals surface area contributed by atoms with Crippen LogP contribution in [0.25, 0.3) is 17.3 Å². The highest BCUT2D eigenvalue weighted by Gasteiger charge is 2.15. The summed E-state index contributed by atoms with van der Waals surface area (Å²) in [6.45, 7) is 10.9. The van der Waals surface area contributed by atoms with Gasteiger partial charge in [-0.1, -0.05) is 61.0 Å². The van der Waals surface area contributed by atoms with E-state index in [1.807, 2.05) is 30.3 Å². The van der Waals surface area contributed by atoms with Gasteiger partial charge >= 0.3 is 0 Å². The van der Waals surface area contributed by atoms with Crippen LogP contribution in [-0.2, 0) is 5.41 Å². The fourth-order valence-corrected chi connectivity index (χ4v) is 3.67. The molecule has 0 spiro atoms. The van der Waals surface area contributed by atoms with E-state index < -0.39 is 0 Å². The minimum Gasteiger partial charge on any atom is -0.318 e. The van der Waals surface area contributed by atoms with Crippen LogP contribution < -0.4 is 0 Å². The average Bonchev–Trinajstić information content (AvgIpc) is 2.93. The van der Waals surface area contributed by atoms with Crippen LogP contribution in [0.3, 0.4) is 0 Å². The van der Waals surface area contributed by atoms with E-state index in [4.69, 9.17) is 0 Å². The lowest BCUT2D eigenvalue weighted by Gasteiger charge is -2.20. The second-order valence-electron chi connectivity index (χ2n) is 8.14. The van der Waals surface area contributed by atoms with Gasteiger partial charge in [-0.2, -0.15) is 5.26 Å². The second kappa shape index (κ2) is 7.81. The summed E-state index contributed by atoms with van der Waals surface area (Å²) in [6.07, 6.45) is 1.98. The van der Waals surface area contributed by atoms with E-state index in [9.17, 15) is 5.26 Å². The maximum Gasteiger partial charge on any atom is 0.0998 e. The number of halogens is 1. The van der Waals surface area contributed by atoms with Crippen LogP contribution in [0.4, 0.5) is 0 Å². The fraction of sp³-hybridized carbons (Fsp3) is 0.240. The van der Waals surface area contributed by atoms with Crippen LogP contribution in [0.5, 0.6) is 0 Å². The highest BCUT2D eigenvalue weighted by atomic mass is 79.9. The first-order chi connectivity index (χ1) is 13.2. The number of nitrogens with zero attached hydrogens (tertiary/aromatic N) is 2. The third-order valence-electron chi connectivity index (χ3n) is 5.04. The molecule has 0 saturated heterocycles. The molecule has 2 aromatic carbocycles. The zero-order valence-electron chi connectivity index (χ0n) is 17.0. The van der Waals surface area contributed by atoms with Gasteiger partial charge in [0.05, 0.1) is 11.6 Å². The minimum atomic E-state index is 0.138. The van der Waals surface area contributed by atoms with Gasteiger partial charge in [0, 0.05) is 21.5 Å². The van der Waals surface area contributed by atoms with Gasteiger partial charge in [0.15, 0.2) is 0 Å². The normalized spacial score (nSPS) is 12.1. The van der Waals surface area contributed by atoms with Crippen LogP contribution in [0.1, 0.15) is 48.8 Å². The molecule has 0 amide bonds. The molecule has 0 unspecified atom stereocenters. The van der Waals surface area contributed by atoms with Crippen molar-refractivity contribution in [3.05, 3.63) is 87.1 Å². The number of hydrogen-bond donors (Lipinski definition) is 0. The average molecular weight is 433 g/mol. The van der Waals surface area contributed by atoms with Crippen LogP contribution in [-0.4, -0.2) is 4.57 Å². The topological polar surface area (TPSA) is 28.7 Å². The Morgan fingerprint density at radius 3 is 2.14 bits per heavy atom. The molecular formula is C25H25BrN2. The second-order valence-corrected chi connectivity index (χ2v) is 9.05. The minimum absolute atomic E-state index is 0.138. The number of benzene rings is 2. The Morgan fingerprint density at radius 2 is 1.61 bits per heavy atom. The summed E-state index contributed by atoms with van der Waals surface area (Å²) in [5.74, 6) is 0. The summed E-state index contributed by atoms with van der Waals surface area (Å²) >= 11 is 3.45. The molecule has 0 saturated carbocycles. The third-order valence-corrected chi connectivity index (χ3v) is 5.57. The molecule has 0 bridgehead atoms. The maximum atomic E-state index is 9.66. The predicted molar refractivity (Wildman–Crippen MR) is 122 cm³/mol. The predicted octanol–water partition coefficient (Wildman–Crippen LogP) is 7.22. The molecule has 3 aromatic rings. The van der Waals surface area contributed by atoms with Gasteiger partial charge in [-0.3, -0.25) is 0 Å². The van der Waals surface area contributed by atoms with Gasteiger partial charge in [-0.05, 0) is 72.4 Å². The molecule has 3 heteroatoms. The molecule has 142 valence electrons. The van der Waals surface area contributed by atoms with Crippen molar-refractivity contribution in [1.82, 2.24) is 4.57 Å². The van der Waals surface area contributed by atoms with Crippen molar-refractivity contribution in [2.24, 2.45) is 0 Å². The third kappa shape index (κ3) is 4.13. The first-order valence-corrected chi connectivity index (χ1v) is 10.2. The molecule has 1 heterocycles. The summed E-state index contributed by atoms with van der Waals surface area (Å²) in [5.41, 5.74) is 7.54. The zero-order valence-corrected chi connectivity index (χ0v) is 18.6. The molecule has 1 aromatic heterocycles. The van der Waals surface area contributed by atoms with Crippen molar-refractivity contribution < 1.29 is 0 Å². The number of rotatable bonds is 3. The van der Waals surface area contributed by atoms with E-state index in [2.05, 4.69) is 91.5 Å².